The molecule has 0 aliphatic heterocycles. The fourth-order valence-corrected chi connectivity index (χ4v) is 1.41. The first-order valence-electron chi connectivity index (χ1n) is 5.03. The number of halogens is 1. The predicted molar refractivity (Wildman–Crippen MR) is 62.5 cm³/mol. The van der Waals surface area contributed by atoms with E-state index in [1.165, 1.54) is 5.56 Å². The molecule has 1 aromatic rings. The topological polar surface area (TPSA) is 0 Å². The van der Waals surface area contributed by atoms with E-state index in [-0.39, 0.29) is 0 Å². The van der Waals surface area contributed by atoms with Gasteiger partial charge in [-0.15, -0.1) is 11.8 Å². The summed E-state index contributed by atoms with van der Waals surface area (Å²) < 4.78 is 0. The minimum atomic E-state index is 0.809. The largest absolute Gasteiger partial charge is 0.103 e. The quantitative estimate of drug-likeness (QED) is 0.654. The second-order valence-corrected chi connectivity index (χ2v) is 3.67. The van der Waals surface area contributed by atoms with Crippen molar-refractivity contribution < 1.29 is 0 Å². The molecule has 1 heteroatoms. The van der Waals surface area contributed by atoms with Gasteiger partial charge in [0.15, 0.2) is 0 Å². The summed E-state index contributed by atoms with van der Waals surface area (Å²) in [4.78, 5) is 0. The van der Waals surface area contributed by atoms with Crippen LogP contribution in [0.3, 0.4) is 0 Å². The van der Waals surface area contributed by atoms with Gasteiger partial charge >= 0.3 is 0 Å². The number of hydrogen-bond donors (Lipinski definition) is 0. The molecular weight excluding hydrogens is 192 g/mol. The van der Waals surface area contributed by atoms with Crippen molar-refractivity contribution in [2.75, 3.05) is 0 Å². The Kier molecular flexibility index (Phi) is 5.19. The lowest BCUT2D eigenvalue weighted by Crippen LogP contribution is -1.82. The third-order valence-electron chi connectivity index (χ3n) is 1.93. The first kappa shape index (κ1) is 11.1. The van der Waals surface area contributed by atoms with Crippen molar-refractivity contribution in [1.29, 1.82) is 0 Å². The normalized spacial score (nSPS) is 9.29. The molecule has 0 bridgehead atoms. The molecule has 0 fully saturated rings. The van der Waals surface area contributed by atoms with Gasteiger partial charge in [-0.05, 0) is 30.5 Å². The van der Waals surface area contributed by atoms with E-state index in [0.717, 1.165) is 30.7 Å². The van der Waals surface area contributed by atoms with Crippen LogP contribution in [0.15, 0.2) is 24.3 Å². The highest BCUT2D eigenvalue weighted by Crippen LogP contribution is 2.11. The Morgan fingerprint density at radius 1 is 1.21 bits per heavy atom. The van der Waals surface area contributed by atoms with Crippen LogP contribution in [0.1, 0.15) is 31.7 Å². The van der Waals surface area contributed by atoms with Crippen LogP contribution in [0.2, 0.25) is 5.02 Å². The van der Waals surface area contributed by atoms with E-state index in [1.807, 2.05) is 18.2 Å². The predicted octanol–water partition coefficient (Wildman–Crippen LogP) is 4.08. The van der Waals surface area contributed by atoms with Crippen molar-refractivity contribution in [3.63, 3.8) is 0 Å². The van der Waals surface area contributed by atoms with Crippen molar-refractivity contribution in [1.82, 2.24) is 0 Å². The molecule has 0 N–H and O–H groups in total. The van der Waals surface area contributed by atoms with Crippen molar-refractivity contribution in [2.45, 2.75) is 32.6 Å². The van der Waals surface area contributed by atoms with Gasteiger partial charge in [-0.1, -0.05) is 30.7 Å². The van der Waals surface area contributed by atoms with E-state index in [9.17, 15) is 0 Å². The second-order valence-electron chi connectivity index (χ2n) is 3.23. The molecule has 0 aliphatic rings. The molecule has 0 spiro atoms. The average Bonchev–Trinajstić information content (AvgIpc) is 2.18. The molecule has 0 radical (unpaired) electrons. The van der Waals surface area contributed by atoms with Gasteiger partial charge in [0.1, 0.15) is 0 Å². The highest BCUT2D eigenvalue weighted by atomic mass is 35.5. The van der Waals surface area contributed by atoms with E-state index >= 15 is 0 Å². The molecule has 14 heavy (non-hydrogen) atoms. The van der Waals surface area contributed by atoms with Crippen LogP contribution in [0.4, 0.5) is 0 Å². The zero-order chi connectivity index (χ0) is 10.2. The Morgan fingerprint density at radius 3 is 2.71 bits per heavy atom. The minimum Gasteiger partial charge on any atom is -0.103 e. The highest BCUT2D eigenvalue weighted by molar-refractivity contribution is 6.30. The molecule has 0 nitrogen and oxygen atoms in total. The van der Waals surface area contributed by atoms with E-state index in [0.29, 0.717) is 0 Å². The molecule has 1 aromatic carbocycles. The van der Waals surface area contributed by atoms with E-state index in [4.69, 9.17) is 11.6 Å². The Morgan fingerprint density at radius 2 is 2.00 bits per heavy atom. The number of unbranched alkanes of at least 4 members (excludes halogenated alkanes) is 1. The molecule has 0 atom stereocenters. The summed E-state index contributed by atoms with van der Waals surface area (Å²) in [7, 11) is 0. The molecule has 0 aliphatic carbocycles. The summed E-state index contributed by atoms with van der Waals surface area (Å²) in [6, 6.07) is 7.97. The summed E-state index contributed by atoms with van der Waals surface area (Å²) in [5.74, 6) is 6.30. The number of benzene rings is 1. The van der Waals surface area contributed by atoms with Crippen LogP contribution in [0, 0.1) is 11.8 Å². The summed E-state index contributed by atoms with van der Waals surface area (Å²) in [5.41, 5.74) is 1.27. The maximum Gasteiger partial charge on any atom is 0.0408 e. The first-order valence-corrected chi connectivity index (χ1v) is 5.41. The summed E-state index contributed by atoms with van der Waals surface area (Å²) in [5, 5.41) is 0.809. The number of hydrogen-bond acceptors (Lipinski definition) is 0. The van der Waals surface area contributed by atoms with E-state index in [2.05, 4.69) is 24.8 Å². The third-order valence-corrected chi connectivity index (χ3v) is 2.16. The zero-order valence-corrected chi connectivity index (χ0v) is 9.27. The molecule has 0 aromatic heterocycles. The minimum absolute atomic E-state index is 0.809. The second kappa shape index (κ2) is 6.51. The van der Waals surface area contributed by atoms with Gasteiger partial charge in [0, 0.05) is 17.9 Å². The molecule has 74 valence electrons. The Bertz CT molecular complexity index is 331. The SMILES string of the molecule is CCCC#CCCc1cccc(Cl)c1. The number of rotatable bonds is 3. The van der Waals surface area contributed by atoms with Crippen LogP contribution >= 0.6 is 11.6 Å². The lowest BCUT2D eigenvalue weighted by atomic mass is 10.1. The Labute approximate surface area is 91.3 Å². The van der Waals surface area contributed by atoms with E-state index < -0.39 is 0 Å². The summed E-state index contributed by atoms with van der Waals surface area (Å²) in [6.07, 6.45) is 4.08. The fraction of sp³-hybridized carbons (Fsp3) is 0.385. The molecular formula is C13H15Cl. The van der Waals surface area contributed by atoms with Gasteiger partial charge in [-0.2, -0.15) is 0 Å². The number of aryl methyl sites for hydroxylation is 1. The van der Waals surface area contributed by atoms with Crippen LogP contribution in [0.5, 0.6) is 0 Å². The highest BCUT2D eigenvalue weighted by Gasteiger charge is 1.91. The van der Waals surface area contributed by atoms with Gasteiger partial charge < -0.3 is 0 Å². The Hall–Kier alpha value is -0.930. The van der Waals surface area contributed by atoms with Gasteiger partial charge in [0.25, 0.3) is 0 Å². The molecule has 0 unspecified atom stereocenters. The maximum absolute atomic E-state index is 5.87. The lowest BCUT2D eigenvalue weighted by Gasteiger charge is -1.97. The zero-order valence-electron chi connectivity index (χ0n) is 8.52. The van der Waals surface area contributed by atoms with Crippen molar-refractivity contribution in [3.05, 3.63) is 34.9 Å². The monoisotopic (exact) mass is 206 g/mol. The van der Waals surface area contributed by atoms with Crippen LogP contribution in [0.25, 0.3) is 0 Å². The van der Waals surface area contributed by atoms with Crippen molar-refractivity contribution in [3.8, 4) is 11.8 Å². The van der Waals surface area contributed by atoms with Crippen LogP contribution in [-0.4, -0.2) is 0 Å². The van der Waals surface area contributed by atoms with Gasteiger partial charge in [-0.25, -0.2) is 0 Å². The van der Waals surface area contributed by atoms with E-state index in [1.54, 1.807) is 0 Å². The van der Waals surface area contributed by atoms with Crippen LogP contribution < -0.4 is 0 Å². The molecule has 0 saturated heterocycles. The molecule has 0 heterocycles. The van der Waals surface area contributed by atoms with Gasteiger partial charge in [0.2, 0.25) is 0 Å². The lowest BCUT2D eigenvalue weighted by molar-refractivity contribution is 0.974. The smallest absolute Gasteiger partial charge is 0.0408 e. The molecule has 1 rings (SSSR count). The van der Waals surface area contributed by atoms with Gasteiger partial charge in [-0.3, -0.25) is 0 Å². The first-order chi connectivity index (χ1) is 6.83. The molecule has 0 amide bonds. The van der Waals surface area contributed by atoms with Crippen molar-refractivity contribution in [2.24, 2.45) is 0 Å². The third kappa shape index (κ3) is 4.35. The van der Waals surface area contributed by atoms with Gasteiger partial charge in [0.05, 0.1) is 0 Å². The van der Waals surface area contributed by atoms with Crippen molar-refractivity contribution >= 4 is 11.6 Å². The average molecular weight is 207 g/mol. The maximum atomic E-state index is 5.87. The Balaban J connectivity index is 2.36. The summed E-state index contributed by atoms with van der Waals surface area (Å²) >= 11 is 5.87. The molecule has 0 saturated carbocycles. The fourth-order valence-electron chi connectivity index (χ4n) is 1.20. The van der Waals surface area contributed by atoms with Crippen LogP contribution in [-0.2, 0) is 6.42 Å². The standard InChI is InChI=1S/C13H15Cl/c1-2-3-4-5-6-8-12-9-7-10-13(14)11-12/h7,9-11H,2-3,6,8H2,1H3. The summed E-state index contributed by atoms with van der Waals surface area (Å²) in [6.45, 7) is 2.14.